The van der Waals surface area contributed by atoms with Gasteiger partial charge in [0.25, 0.3) is 11.8 Å². The zero-order valence-corrected chi connectivity index (χ0v) is 13.2. The second-order valence-corrected chi connectivity index (χ2v) is 5.27. The molecule has 0 spiro atoms. The lowest BCUT2D eigenvalue weighted by molar-refractivity contribution is -0.117. The van der Waals surface area contributed by atoms with Crippen LogP contribution >= 0.6 is 0 Å². The third kappa shape index (κ3) is 3.20. The maximum atomic E-state index is 12.5. The van der Waals surface area contributed by atoms with Crippen LogP contribution in [0.15, 0.2) is 54.1 Å². The van der Waals surface area contributed by atoms with E-state index in [2.05, 4.69) is 5.43 Å². The Bertz CT molecular complexity index is 887. The van der Waals surface area contributed by atoms with Crippen molar-refractivity contribution in [1.29, 1.82) is 0 Å². The highest BCUT2D eigenvalue weighted by Gasteiger charge is 2.34. The van der Waals surface area contributed by atoms with E-state index in [1.165, 1.54) is 37.5 Å². The number of carboxylic acids is 1. The number of hydrogen-bond donors (Lipinski definition) is 2. The number of anilines is 1. The summed E-state index contributed by atoms with van der Waals surface area (Å²) in [6, 6.07) is 12.6. The van der Waals surface area contributed by atoms with E-state index in [1.807, 2.05) is 0 Å². The van der Waals surface area contributed by atoms with Gasteiger partial charge in [0.1, 0.15) is 11.3 Å². The molecular weight excluding hydrogens is 324 g/mol. The molecule has 7 heteroatoms. The minimum atomic E-state index is -1.07. The van der Waals surface area contributed by atoms with Crippen LogP contribution in [0.2, 0.25) is 0 Å². The van der Waals surface area contributed by atoms with Crippen LogP contribution in [0.25, 0.3) is 6.08 Å². The molecule has 0 bridgehead atoms. The maximum absolute atomic E-state index is 12.5. The van der Waals surface area contributed by atoms with Gasteiger partial charge in [0.2, 0.25) is 0 Å². The number of hydrazine groups is 1. The van der Waals surface area contributed by atoms with Crippen molar-refractivity contribution in [3.8, 4) is 5.75 Å². The Morgan fingerprint density at radius 3 is 2.52 bits per heavy atom. The molecule has 1 saturated heterocycles. The van der Waals surface area contributed by atoms with Crippen LogP contribution in [-0.4, -0.2) is 30.0 Å². The topological polar surface area (TPSA) is 95.9 Å². The summed E-state index contributed by atoms with van der Waals surface area (Å²) in [5, 5.41) is 10.00. The van der Waals surface area contributed by atoms with Crippen LogP contribution in [-0.2, 0) is 9.59 Å². The lowest BCUT2D eigenvalue weighted by Crippen LogP contribution is -2.35. The molecule has 0 aromatic heterocycles. The summed E-state index contributed by atoms with van der Waals surface area (Å²) in [6.07, 6.45) is 1.48. The molecule has 25 heavy (non-hydrogen) atoms. The fourth-order valence-electron chi connectivity index (χ4n) is 2.39. The van der Waals surface area contributed by atoms with Crippen molar-refractivity contribution < 1.29 is 24.2 Å². The molecule has 1 heterocycles. The first-order chi connectivity index (χ1) is 12.0. The number of hydrogen-bond acceptors (Lipinski definition) is 4. The first-order valence-corrected chi connectivity index (χ1v) is 7.34. The van der Waals surface area contributed by atoms with Crippen molar-refractivity contribution in [3.63, 3.8) is 0 Å². The Morgan fingerprint density at radius 1 is 1.16 bits per heavy atom. The summed E-state index contributed by atoms with van der Waals surface area (Å²) in [7, 11) is 1.53. The van der Waals surface area contributed by atoms with E-state index in [9.17, 15) is 14.4 Å². The number of nitrogens with one attached hydrogen (secondary N) is 1. The van der Waals surface area contributed by atoms with Crippen molar-refractivity contribution in [2.75, 3.05) is 12.1 Å². The van der Waals surface area contributed by atoms with Gasteiger partial charge in [-0.15, -0.1) is 0 Å². The Balaban J connectivity index is 1.89. The minimum absolute atomic E-state index is 0.0180. The van der Waals surface area contributed by atoms with Gasteiger partial charge in [-0.05, 0) is 48.0 Å². The standard InChI is InChI=1S/C18H14N2O5/c1-25-14-4-2-3-11(9-14)10-15-16(21)19-20(17(15)22)13-7-5-12(6-8-13)18(23)24/h2-10H,1H3,(H,19,21)(H,23,24). The third-order valence-electron chi connectivity index (χ3n) is 3.67. The van der Waals surface area contributed by atoms with E-state index in [1.54, 1.807) is 24.3 Å². The Kier molecular flexibility index (Phi) is 4.21. The second-order valence-electron chi connectivity index (χ2n) is 5.27. The highest BCUT2D eigenvalue weighted by molar-refractivity contribution is 6.31. The molecular formula is C18H14N2O5. The highest BCUT2D eigenvalue weighted by Crippen LogP contribution is 2.23. The van der Waals surface area contributed by atoms with E-state index in [0.29, 0.717) is 17.0 Å². The number of benzene rings is 2. The fourth-order valence-corrected chi connectivity index (χ4v) is 2.39. The smallest absolute Gasteiger partial charge is 0.335 e. The number of aromatic carboxylic acids is 1. The molecule has 0 aliphatic carbocycles. The molecule has 2 amide bonds. The number of carboxylic acid groups (broad SMARTS) is 1. The Labute approximate surface area is 143 Å². The third-order valence-corrected chi connectivity index (χ3v) is 3.67. The van der Waals surface area contributed by atoms with Crippen LogP contribution in [0.4, 0.5) is 5.69 Å². The molecule has 126 valence electrons. The highest BCUT2D eigenvalue weighted by atomic mass is 16.5. The summed E-state index contributed by atoms with van der Waals surface area (Å²) in [4.78, 5) is 35.5. The summed E-state index contributed by atoms with van der Waals surface area (Å²) < 4.78 is 5.12. The Morgan fingerprint density at radius 2 is 1.88 bits per heavy atom. The Hall–Kier alpha value is -3.61. The van der Waals surface area contributed by atoms with Gasteiger partial charge in [0, 0.05) is 0 Å². The molecule has 0 unspecified atom stereocenters. The first kappa shape index (κ1) is 16.3. The van der Waals surface area contributed by atoms with Crippen LogP contribution in [0, 0.1) is 0 Å². The monoisotopic (exact) mass is 338 g/mol. The van der Waals surface area contributed by atoms with Gasteiger partial charge >= 0.3 is 5.97 Å². The maximum Gasteiger partial charge on any atom is 0.335 e. The van der Waals surface area contributed by atoms with Crippen molar-refractivity contribution in [1.82, 2.24) is 5.43 Å². The number of rotatable bonds is 4. The first-order valence-electron chi connectivity index (χ1n) is 7.34. The summed E-state index contributed by atoms with van der Waals surface area (Å²) in [5.41, 5.74) is 3.57. The molecule has 0 saturated carbocycles. The molecule has 1 fully saturated rings. The fraction of sp³-hybridized carbons (Fsp3) is 0.0556. The van der Waals surface area contributed by atoms with Gasteiger partial charge in [-0.25, -0.2) is 9.80 Å². The lowest BCUT2D eigenvalue weighted by atomic mass is 10.1. The van der Waals surface area contributed by atoms with Crippen molar-refractivity contribution >= 4 is 29.5 Å². The van der Waals surface area contributed by atoms with Gasteiger partial charge in [-0.2, -0.15) is 0 Å². The van der Waals surface area contributed by atoms with Crippen molar-refractivity contribution in [2.24, 2.45) is 0 Å². The van der Waals surface area contributed by atoms with E-state index >= 15 is 0 Å². The largest absolute Gasteiger partial charge is 0.497 e. The zero-order chi connectivity index (χ0) is 18.0. The number of amides is 2. The molecule has 3 rings (SSSR count). The van der Waals surface area contributed by atoms with Crippen molar-refractivity contribution in [2.45, 2.75) is 0 Å². The van der Waals surface area contributed by atoms with Crippen LogP contribution in [0.5, 0.6) is 5.75 Å². The number of methoxy groups -OCH3 is 1. The average molecular weight is 338 g/mol. The van der Waals surface area contributed by atoms with Gasteiger partial charge in [0.15, 0.2) is 0 Å². The summed E-state index contributed by atoms with van der Waals surface area (Å²) in [5.74, 6) is -1.51. The minimum Gasteiger partial charge on any atom is -0.497 e. The quantitative estimate of drug-likeness (QED) is 0.655. The van der Waals surface area contributed by atoms with E-state index < -0.39 is 17.8 Å². The summed E-state index contributed by atoms with van der Waals surface area (Å²) in [6.45, 7) is 0. The molecule has 1 aliphatic rings. The average Bonchev–Trinajstić information content (AvgIpc) is 2.90. The normalized spacial score (nSPS) is 15.4. The van der Waals surface area contributed by atoms with Gasteiger partial charge in [-0.1, -0.05) is 12.1 Å². The summed E-state index contributed by atoms with van der Waals surface area (Å²) >= 11 is 0. The second kappa shape index (κ2) is 6.48. The van der Waals surface area contributed by atoms with E-state index in [0.717, 1.165) is 5.01 Å². The number of carbonyl (C=O) groups is 3. The van der Waals surface area contributed by atoms with Gasteiger partial charge in [0.05, 0.1) is 18.4 Å². The molecule has 2 aromatic carbocycles. The van der Waals surface area contributed by atoms with Crippen LogP contribution in [0.3, 0.4) is 0 Å². The molecule has 2 aromatic rings. The molecule has 0 atom stereocenters. The van der Waals surface area contributed by atoms with Gasteiger partial charge in [-0.3, -0.25) is 15.0 Å². The number of nitrogens with zero attached hydrogens (tertiary/aromatic N) is 1. The van der Waals surface area contributed by atoms with Gasteiger partial charge < -0.3 is 9.84 Å². The predicted octanol–water partition coefficient (Wildman–Crippen LogP) is 1.85. The number of ether oxygens (including phenoxy) is 1. The van der Waals surface area contributed by atoms with Crippen LogP contribution < -0.4 is 15.2 Å². The lowest BCUT2D eigenvalue weighted by Gasteiger charge is -2.14. The molecule has 0 radical (unpaired) electrons. The molecule has 2 N–H and O–H groups in total. The van der Waals surface area contributed by atoms with Crippen molar-refractivity contribution in [3.05, 3.63) is 65.2 Å². The SMILES string of the molecule is COc1cccc(C=C2C(=O)NN(c3ccc(C(=O)O)cc3)C2=O)c1. The zero-order valence-electron chi connectivity index (χ0n) is 13.2. The molecule has 7 nitrogen and oxygen atoms in total. The number of carbonyl (C=O) groups excluding carboxylic acids is 2. The van der Waals surface area contributed by atoms with E-state index in [-0.39, 0.29) is 11.1 Å². The van der Waals surface area contributed by atoms with Crippen LogP contribution in [0.1, 0.15) is 15.9 Å². The molecule has 1 aliphatic heterocycles. The van der Waals surface area contributed by atoms with E-state index in [4.69, 9.17) is 9.84 Å². The predicted molar refractivity (Wildman–Crippen MR) is 90.0 cm³/mol.